The SMILES string of the molecule is C1=CC2c3ccccc3C3(c4ccccc4Oc4c(-c5nc(-c6ccccc6)cc(-c6cc7c8c(cccc8c6)CC=C7)n5)cccc43)C2C=C1. The largest absolute Gasteiger partial charge is 0.456 e. The van der Waals surface area contributed by atoms with Crippen LogP contribution in [-0.2, 0) is 11.8 Å². The monoisotopic (exact) mass is 652 g/mol. The molecule has 0 radical (unpaired) electrons. The van der Waals surface area contributed by atoms with Gasteiger partial charge in [0.1, 0.15) is 11.5 Å². The van der Waals surface area contributed by atoms with E-state index < -0.39 is 5.41 Å². The maximum Gasteiger partial charge on any atom is 0.164 e. The third-order valence-electron chi connectivity index (χ3n) is 11.4. The zero-order valence-electron chi connectivity index (χ0n) is 27.8. The maximum absolute atomic E-state index is 7.02. The van der Waals surface area contributed by atoms with Crippen molar-refractivity contribution in [3.8, 4) is 45.4 Å². The van der Waals surface area contributed by atoms with Crippen molar-refractivity contribution in [2.75, 3.05) is 0 Å². The van der Waals surface area contributed by atoms with Gasteiger partial charge in [-0.3, -0.25) is 0 Å². The highest BCUT2D eigenvalue weighted by molar-refractivity contribution is 5.98. The molecule has 0 saturated heterocycles. The second kappa shape index (κ2) is 10.8. The zero-order valence-corrected chi connectivity index (χ0v) is 27.8. The molecule has 7 aromatic rings. The Morgan fingerprint density at radius 1 is 0.627 bits per heavy atom. The first-order chi connectivity index (χ1) is 25.3. The number of benzene rings is 6. The van der Waals surface area contributed by atoms with Crippen molar-refractivity contribution in [1.82, 2.24) is 9.97 Å². The summed E-state index contributed by atoms with van der Waals surface area (Å²) in [5, 5.41) is 2.56. The molecule has 1 spiro atoms. The van der Waals surface area contributed by atoms with E-state index in [9.17, 15) is 0 Å². The summed E-state index contributed by atoms with van der Waals surface area (Å²) in [5.41, 5.74) is 12.0. The molecular weight excluding hydrogens is 621 g/mol. The summed E-state index contributed by atoms with van der Waals surface area (Å²) >= 11 is 0. The lowest BCUT2D eigenvalue weighted by Crippen LogP contribution is -2.37. The molecule has 0 N–H and O–H groups in total. The molecule has 3 aliphatic carbocycles. The van der Waals surface area contributed by atoms with E-state index >= 15 is 0 Å². The van der Waals surface area contributed by atoms with Crippen molar-refractivity contribution in [3.63, 3.8) is 0 Å². The average molecular weight is 653 g/mol. The van der Waals surface area contributed by atoms with Gasteiger partial charge in [-0.15, -0.1) is 0 Å². The molecule has 4 aliphatic rings. The van der Waals surface area contributed by atoms with Crippen molar-refractivity contribution in [1.29, 1.82) is 0 Å². The van der Waals surface area contributed by atoms with Gasteiger partial charge in [0.05, 0.1) is 22.4 Å². The van der Waals surface area contributed by atoms with E-state index in [2.05, 4.69) is 164 Å². The standard InChI is InChI=1S/C48H32N2O/c1-2-13-30(14-3-1)42-29-43(34-27-32-17-10-15-31-16-11-18-33(28-34)45(31)32)50-47(49-42)37-21-12-25-41-46(37)51-44-26-9-8-24-40(44)48(41)38-22-6-4-19-35(38)36-20-5-7-23-39(36)48/h1-15,17-29,35,38H,16H2. The second-order valence-corrected chi connectivity index (χ2v) is 14.0. The summed E-state index contributed by atoms with van der Waals surface area (Å²) in [6.45, 7) is 0. The molecule has 3 unspecified atom stereocenters. The van der Waals surface area contributed by atoms with Gasteiger partial charge in [-0.25, -0.2) is 9.97 Å². The Morgan fingerprint density at radius 3 is 2.31 bits per heavy atom. The first-order valence-electron chi connectivity index (χ1n) is 17.8. The number of hydrogen-bond acceptors (Lipinski definition) is 3. The molecule has 1 aromatic heterocycles. The van der Waals surface area contributed by atoms with E-state index in [1.165, 1.54) is 38.6 Å². The lowest BCUT2D eigenvalue weighted by atomic mass is 9.61. The van der Waals surface area contributed by atoms with Gasteiger partial charge in [-0.2, -0.15) is 0 Å². The Hall–Kier alpha value is -6.32. The summed E-state index contributed by atoms with van der Waals surface area (Å²) in [6.07, 6.45) is 14.6. The number of para-hydroxylation sites is 2. The van der Waals surface area contributed by atoms with Gasteiger partial charge in [0, 0.05) is 34.1 Å². The average Bonchev–Trinajstić information content (AvgIpc) is 3.49. The van der Waals surface area contributed by atoms with Crippen molar-refractivity contribution in [2.24, 2.45) is 5.92 Å². The molecule has 0 saturated carbocycles. The second-order valence-electron chi connectivity index (χ2n) is 14.0. The molecular formula is C48H32N2O. The van der Waals surface area contributed by atoms with Gasteiger partial charge >= 0.3 is 0 Å². The smallest absolute Gasteiger partial charge is 0.164 e. The van der Waals surface area contributed by atoms with Crippen LogP contribution in [0, 0.1) is 5.92 Å². The van der Waals surface area contributed by atoms with Crippen LogP contribution < -0.4 is 4.74 Å². The van der Waals surface area contributed by atoms with Gasteiger partial charge < -0.3 is 4.74 Å². The fourth-order valence-corrected chi connectivity index (χ4v) is 9.34. The Morgan fingerprint density at radius 2 is 1.39 bits per heavy atom. The zero-order chi connectivity index (χ0) is 33.5. The third-order valence-corrected chi connectivity index (χ3v) is 11.4. The highest BCUT2D eigenvalue weighted by Gasteiger charge is 2.56. The molecule has 2 heterocycles. The molecule has 3 atom stereocenters. The number of aromatic nitrogens is 2. The summed E-state index contributed by atoms with van der Waals surface area (Å²) < 4.78 is 7.02. The van der Waals surface area contributed by atoms with Crippen molar-refractivity contribution in [2.45, 2.75) is 17.8 Å². The molecule has 11 rings (SSSR count). The number of hydrogen-bond donors (Lipinski definition) is 0. The quantitative estimate of drug-likeness (QED) is 0.191. The normalized spacial score (nSPS) is 20.1. The van der Waals surface area contributed by atoms with Crippen molar-refractivity contribution >= 4 is 16.8 Å². The van der Waals surface area contributed by atoms with E-state index in [1.54, 1.807) is 0 Å². The Balaban J connectivity index is 1.18. The molecule has 0 amide bonds. The highest BCUT2D eigenvalue weighted by atomic mass is 16.5. The predicted molar refractivity (Wildman–Crippen MR) is 206 cm³/mol. The van der Waals surface area contributed by atoms with Crippen molar-refractivity contribution < 1.29 is 4.74 Å². The summed E-state index contributed by atoms with van der Waals surface area (Å²) in [7, 11) is 0. The number of nitrogens with zero attached hydrogens (tertiary/aromatic N) is 2. The first-order valence-corrected chi connectivity index (χ1v) is 17.8. The van der Waals surface area contributed by atoms with Gasteiger partial charge in [-0.1, -0.05) is 140 Å². The van der Waals surface area contributed by atoms with Crippen LogP contribution in [-0.4, -0.2) is 9.97 Å². The molecule has 240 valence electrons. The van der Waals surface area contributed by atoms with Gasteiger partial charge in [0.2, 0.25) is 0 Å². The first kappa shape index (κ1) is 28.5. The van der Waals surface area contributed by atoms with Crippen LogP contribution in [0.2, 0.25) is 0 Å². The van der Waals surface area contributed by atoms with Crippen LogP contribution in [0.1, 0.15) is 39.3 Å². The topological polar surface area (TPSA) is 35.0 Å². The fourth-order valence-electron chi connectivity index (χ4n) is 9.34. The molecule has 1 aliphatic heterocycles. The molecule has 3 heteroatoms. The van der Waals surface area contributed by atoms with Gasteiger partial charge in [-0.05, 0) is 69.8 Å². The van der Waals surface area contributed by atoms with Crippen LogP contribution >= 0.6 is 0 Å². The van der Waals surface area contributed by atoms with Crippen LogP contribution in [0.3, 0.4) is 0 Å². The Bertz CT molecular complexity index is 2670. The van der Waals surface area contributed by atoms with Gasteiger partial charge in [0.15, 0.2) is 5.82 Å². The predicted octanol–water partition coefficient (Wildman–Crippen LogP) is 11.5. The highest BCUT2D eigenvalue weighted by Crippen LogP contribution is 2.65. The summed E-state index contributed by atoms with van der Waals surface area (Å²) in [6, 6.07) is 47.9. The van der Waals surface area contributed by atoms with E-state index in [0.717, 1.165) is 51.6 Å². The minimum Gasteiger partial charge on any atom is -0.456 e. The number of ether oxygens (including phenoxy) is 1. The third kappa shape index (κ3) is 4.06. The minimum absolute atomic E-state index is 0.193. The van der Waals surface area contributed by atoms with Crippen LogP contribution in [0.15, 0.2) is 164 Å². The lowest BCUT2D eigenvalue weighted by Gasteiger charge is -2.43. The molecule has 0 bridgehead atoms. The number of fused-ring (bicyclic) bond motifs is 9. The summed E-state index contributed by atoms with van der Waals surface area (Å²) in [5.74, 6) is 2.82. The molecule has 3 nitrogen and oxygen atoms in total. The van der Waals surface area contributed by atoms with Crippen LogP contribution in [0.4, 0.5) is 0 Å². The molecule has 0 fully saturated rings. The van der Waals surface area contributed by atoms with Crippen LogP contribution in [0.25, 0.3) is 50.8 Å². The molecule has 51 heavy (non-hydrogen) atoms. The van der Waals surface area contributed by atoms with E-state index in [1.807, 2.05) is 6.07 Å². The molecule has 6 aromatic carbocycles. The van der Waals surface area contributed by atoms with E-state index in [0.29, 0.717) is 5.82 Å². The Labute approximate surface area is 297 Å². The minimum atomic E-state index is -0.437. The lowest BCUT2D eigenvalue weighted by molar-refractivity contribution is 0.375. The summed E-state index contributed by atoms with van der Waals surface area (Å²) in [4.78, 5) is 10.7. The maximum atomic E-state index is 7.02. The Kier molecular flexibility index (Phi) is 6.06. The van der Waals surface area contributed by atoms with E-state index in [-0.39, 0.29) is 11.8 Å². The van der Waals surface area contributed by atoms with Gasteiger partial charge in [0.25, 0.3) is 0 Å². The number of rotatable bonds is 3. The van der Waals surface area contributed by atoms with Crippen LogP contribution in [0.5, 0.6) is 11.5 Å². The van der Waals surface area contributed by atoms with Crippen molar-refractivity contribution in [3.05, 3.63) is 197 Å². The van der Waals surface area contributed by atoms with E-state index in [4.69, 9.17) is 14.7 Å². The fraction of sp³-hybridized carbons (Fsp3) is 0.0833. The number of allylic oxidation sites excluding steroid dienone is 5.